The Morgan fingerprint density at radius 2 is 2.29 bits per heavy atom. The van der Waals surface area contributed by atoms with Crippen molar-refractivity contribution in [2.45, 2.75) is 13.8 Å². The minimum atomic E-state index is -0.385. The van der Waals surface area contributed by atoms with E-state index in [0.29, 0.717) is 16.8 Å². The van der Waals surface area contributed by atoms with Crippen molar-refractivity contribution in [3.8, 4) is 10.4 Å². The van der Waals surface area contributed by atoms with Crippen molar-refractivity contribution >= 4 is 27.5 Å². The molecular weight excluding hydrogens is 290 g/mol. The molecule has 0 spiro atoms. The number of aromatic nitrogens is 4. The van der Waals surface area contributed by atoms with Gasteiger partial charge in [0.05, 0.1) is 11.7 Å². The third kappa shape index (κ3) is 2.33. The van der Waals surface area contributed by atoms with E-state index in [2.05, 4.69) is 25.5 Å². The highest BCUT2D eigenvalue weighted by Crippen LogP contribution is 2.31. The molecular formula is C13H13N5O2S. The van der Waals surface area contributed by atoms with E-state index in [1.807, 2.05) is 6.92 Å². The highest BCUT2D eigenvalue weighted by Gasteiger charge is 2.15. The van der Waals surface area contributed by atoms with E-state index < -0.39 is 0 Å². The lowest BCUT2D eigenvalue weighted by atomic mass is 10.2. The molecule has 7 nitrogen and oxygen atoms in total. The lowest BCUT2D eigenvalue weighted by Gasteiger charge is -2.00. The van der Waals surface area contributed by atoms with Gasteiger partial charge >= 0.3 is 0 Å². The number of carbonyl (C=O) groups excluding carboxylic acids is 1. The van der Waals surface area contributed by atoms with Gasteiger partial charge in [-0.05, 0) is 19.9 Å². The molecule has 0 radical (unpaired) electrons. The fourth-order valence-electron chi connectivity index (χ4n) is 2.02. The zero-order valence-electron chi connectivity index (χ0n) is 11.5. The predicted octanol–water partition coefficient (Wildman–Crippen LogP) is 1.43. The second-order valence-corrected chi connectivity index (χ2v) is 5.56. The van der Waals surface area contributed by atoms with E-state index >= 15 is 0 Å². The number of carbonyl (C=O) groups is 1. The molecule has 0 aliphatic heterocycles. The summed E-state index contributed by atoms with van der Waals surface area (Å²) in [7, 11) is 0. The highest BCUT2D eigenvalue weighted by molar-refractivity contribution is 7.22. The van der Waals surface area contributed by atoms with Gasteiger partial charge in [-0.1, -0.05) is 0 Å². The van der Waals surface area contributed by atoms with Gasteiger partial charge in [0.25, 0.3) is 11.5 Å². The summed E-state index contributed by atoms with van der Waals surface area (Å²) in [6, 6.07) is 1.80. The van der Waals surface area contributed by atoms with Crippen LogP contribution in [0.3, 0.4) is 0 Å². The van der Waals surface area contributed by atoms with Crippen LogP contribution in [-0.4, -0.2) is 32.6 Å². The summed E-state index contributed by atoms with van der Waals surface area (Å²) in [6.45, 7) is 4.19. The Morgan fingerprint density at radius 1 is 1.48 bits per heavy atom. The fraction of sp³-hybridized carbons (Fsp3) is 0.231. The largest absolute Gasteiger partial charge is 0.350 e. The zero-order valence-corrected chi connectivity index (χ0v) is 12.3. The van der Waals surface area contributed by atoms with Crippen LogP contribution in [0.1, 0.15) is 23.2 Å². The summed E-state index contributed by atoms with van der Waals surface area (Å²) in [5.41, 5.74) is 2.05. The lowest BCUT2D eigenvalue weighted by Crippen LogP contribution is -2.27. The zero-order chi connectivity index (χ0) is 15.0. The third-order valence-electron chi connectivity index (χ3n) is 3.03. The van der Waals surface area contributed by atoms with E-state index in [1.165, 1.54) is 11.3 Å². The molecule has 3 N–H and O–H groups in total. The number of nitrogens with one attached hydrogen (secondary N) is 3. The SMILES string of the molecule is CCNC(=O)c1nc2cc(-c3cn[nH]c3C)sc2c(=O)[nH]1. The smallest absolute Gasteiger partial charge is 0.287 e. The van der Waals surface area contributed by atoms with Crippen LogP contribution in [0.5, 0.6) is 0 Å². The minimum absolute atomic E-state index is 0.0302. The standard InChI is InChI=1S/C13H13N5O2S/c1-3-14-13(20)11-16-8-4-9(7-5-15-18-6(7)2)21-10(8)12(19)17-11/h4-5H,3H2,1-2H3,(H,14,20)(H,15,18)(H,16,17,19). The van der Waals surface area contributed by atoms with Crippen molar-refractivity contribution < 1.29 is 4.79 Å². The van der Waals surface area contributed by atoms with Crippen LogP contribution in [0, 0.1) is 6.92 Å². The Morgan fingerprint density at radius 3 is 2.95 bits per heavy atom. The summed E-state index contributed by atoms with van der Waals surface area (Å²) >= 11 is 1.33. The van der Waals surface area contributed by atoms with Gasteiger partial charge < -0.3 is 10.3 Å². The highest BCUT2D eigenvalue weighted by atomic mass is 32.1. The molecule has 0 bridgehead atoms. The molecule has 1 amide bonds. The van der Waals surface area contributed by atoms with Gasteiger partial charge in [-0.25, -0.2) is 4.98 Å². The summed E-state index contributed by atoms with van der Waals surface area (Å²) < 4.78 is 0.499. The van der Waals surface area contributed by atoms with E-state index in [4.69, 9.17) is 0 Å². The van der Waals surface area contributed by atoms with E-state index in [0.717, 1.165) is 16.1 Å². The Bertz CT molecular complexity index is 876. The molecule has 0 saturated heterocycles. The number of hydrogen-bond acceptors (Lipinski definition) is 5. The number of rotatable bonds is 3. The van der Waals surface area contributed by atoms with Crippen LogP contribution in [0.25, 0.3) is 20.7 Å². The molecule has 108 valence electrons. The number of hydrogen-bond donors (Lipinski definition) is 3. The van der Waals surface area contributed by atoms with Crippen molar-refractivity contribution in [1.29, 1.82) is 0 Å². The molecule has 3 heterocycles. The van der Waals surface area contributed by atoms with E-state index in [9.17, 15) is 9.59 Å². The van der Waals surface area contributed by atoms with Crippen LogP contribution in [0.2, 0.25) is 0 Å². The number of aryl methyl sites for hydroxylation is 1. The van der Waals surface area contributed by atoms with Crippen LogP contribution < -0.4 is 10.9 Å². The normalized spacial score (nSPS) is 11.0. The Hall–Kier alpha value is -2.48. The first-order chi connectivity index (χ1) is 10.1. The van der Waals surface area contributed by atoms with Gasteiger partial charge in [0, 0.05) is 22.7 Å². The van der Waals surface area contributed by atoms with Crippen molar-refractivity contribution in [3.05, 3.63) is 34.1 Å². The second-order valence-electron chi connectivity index (χ2n) is 4.51. The fourth-order valence-corrected chi connectivity index (χ4v) is 3.08. The van der Waals surface area contributed by atoms with Crippen molar-refractivity contribution in [2.24, 2.45) is 0 Å². The van der Waals surface area contributed by atoms with Crippen molar-refractivity contribution in [1.82, 2.24) is 25.5 Å². The van der Waals surface area contributed by atoms with Gasteiger partial charge in [-0.2, -0.15) is 5.10 Å². The molecule has 21 heavy (non-hydrogen) atoms. The Balaban J connectivity index is 2.14. The molecule has 0 fully saturated rings. The quantitative estimate of drug-likeness (QED) is 0.681. The molecule has 3 aromatic heterocycles. The maximum Gasteiger partial charge on any atom is 0.287 e. The van der Waals surface area contributed by atoms with Gasteiger partial charge in [-0.3, -0.25) is 14.7 Å². The second kappa shape index (κ2) is 5.13. The molecule has 0 aliphatic carbocycles. The first-order valence-electron chi connectivity index (χ1n) is 6.42. The molecule has 0 aromatic carbocycles. The summed E-state index contributed by atoms with van der Waals surface area (Å²) in [5.74, 6) is -0.355. The summed E-state index contributed by atoms with van der Waals surface area (Å²) in [6.07, 6.45) is 1.71. The number of nitrogens with zero attached hydrogens (tertiary/aromatic N) is 2. The van der Waals surface area contributed by atoms with Crippen LogP contribution >= 0.6 is 11.3 Å². The number of H-pyrrole nitrogens is 2. The van der Waals surface area contributed by atoms with E-state index in [1.54, 1.807) is 19.2 Å². The minimum Gasteiger partial charge on any atom is -0.350 e. The molecule has 0 saturated carbocycles. The predicted molar refractivity (Wildman–Crippen MR) is 80.6 cm³/mol. The topological polar surface area (TPSA) is 104 Å². The number of fused-ring (bicyclic) bond motifs is 1. The van der Waals surface area contributed by atoms with Crippen molar-refractivity contribution in [2.75, 3.05) is 6.54 Å². The van der Waals surface area contributed by atoms with Gasteiger partial charge in [0.1, 0.15) is 4.70 Å². The molecule has 8 heteroatoms. The molecule has 3 aromatic rings. The van der Waals surface area contributed by atoms with Crippen LogP contribution in [0.15, 0.2) is 17.1 Å². The van der Waals surface area contributed by atoms with E-state index in [-0.39, 0.29) is 17.3 Å². The molecule has 3 rings (SSSR count). The first kappa shape index (κ1) is 13.5. The van der Waals surface area contributed by atoms with Crippen LogP contribution in [-0.2, 0) is 0 Å². The number of aromatic amines is 2. The average molecular weight is 303 g/mol. The average Bonchev–Trinajstić information content (AvgIpc) is 3.04. The Labute approximate surface area is 123 Å². The summed E-state index contributed by atoms with van der Waals surface area (Å²) in [5, 5.41) is 9.44. The molecule has 0 atom stereocenters. The summed E-state index contributed by atoms with van der Waals surface area (Å²) in [4.78, 5) is 31.5. The maximum absolute atomic E-state index is 12.1. The lowest BCUT2D eigenvalue weighted by molar-refractivity contribution is 0.0945. The van der Waals surface area contributed by atoms with Gasteiger partial charge in [0.15, 0.2) is 5.82 Å². The van der Waals surface area contributed by atoms with Crippen LogP contribution in [0.4, 0.5) is 0 Å². The number of thiophene rings is 1. The molecule has 0 unspecified atom stereocenters. The maximum atomic E-state index is 12.1. The first-order valence-corrected chi connectivity index (χ1v) is 7.24. The molecule has 0 aliphatic rings. The number of amides is 1. The van der Waals surface area contributed by atoms with Gasteiger partial charge in [0.2, 0.25) is 0 Å². The Kier molecular flexibility index (Phi) is 3.30. The van der Waals surface area contributed by atoms with Gasteiger partial charge in [-0.15, -0.1) is 11.3 Å². The van der Waals surface area contributed by atoms with Crippen molar-refractivity contribution in [3.63, 3.8) is 0 Å². The monoisotopic (exact) mass is 303 g/mol. The third-order valence-corrected chi connectivity index (χ3v) is 4.19.